The number of hydrogen-bond donors (Lipinski definition) is 1. The second-order valence-electron chi connectivity index (χ2n) is 5.96. The van der Waals surface area contributed by atoms with E-state index in [2.05, 4.69) is 5.28 Å². The summed E-state index contributed by atoms with van der Waals surface area (Å²) in [6.45, 7) is 5.65. The van der Waals surface area contributed by atoms with Gasteiger partial charge in [0.15, 0.2) is 0 Å². The van der Waals surface area contributed by atoms with Crippen LogP contribution >= 0.6 is 0 Å². The van der Waals surface area contributed by atoms with Crippen molar-refractivity contribution in [2.45, 2.75) is 58.1 Å². The van der Waals surface area contributed by atoms with Crippen molar-refractivity contribution in [3.05, 3.63) is 5.21 Å². The number of rotatable bonds is 4. The third-order valence-corrected chi connectivity index (χ3v) is 3.47. The molecule has 2 atom stereocenters. The number of hydrogen-bond acceptors (Lipinski definition) is 4. The molecule has 7 heteroatoms. The highest BCUT2D eigenvalue weighted by Gasteiger charge is 2.29. The van der Waals surface area contributed by atoms with Gasteiger partial charge < -0.3 is 15.2 Å². The molecule has 1 N–H and O–H groups in total. The van der Waals surface area contributed by atoms with Gasteiger partial charge in [0.25, 0.3) is 0 Å². The summed E-state index contributed by atoms with van der Waals surface area (Å²) in [5.74, 6) is -1.20. The van der Waals surface area contributed by atoms with Crippen molar-refractivity contribution in [3.63, 3.8) is 0 Å². The van der Waals surface area contributed by atoms with E-state index in [4.69, 9.17) is 9.94 Å². The standard InChI is InChI=1S/C12H23N3O4/c1-12(2,3)14(4)15(18)13-19-10-7-5-6-9(8-10)11(16)17/h9-10H,5-8H2,1-4H3,(H,16,17)/b15-13+/t9-,10+/m1/s1. The number of hydrazine groups is 1. The summed E-state index contributed by atoms with van der Waals surface area (Å²) < 4.78 is 0. The molecule has 1 aliphatic carbocycles. The second kappa shape index (κ2) is 6.08. The zero-order chi connectivity index (χ0) is 14.6. The molecule has 0 aromatic carbocycles. The molecule has 1 aliphatic rings. The number of nitrogens with zero attached hydrogens (tertiary/aromatic N) is 3. The number of aliphatic carboxylic acids is 1. The molecule has 19 heavy (non-hydrogen) atoms. The lowest BCUT2D eigenvalue weighted by atomic mass is 9.87. The summed E-state index contributed by atoms with van der Waals surface area (Å²) in [5.41, 5.74) is -0.356. The van der Waals surface area contributed by atoms with Gasteiger partial charge in [0.05, 0.1) is 23.5 Å². The fraction of sp³-hybridized carbons (Fsp3) is 0.917. The summed E-state index contributed by atoms with van der Waals surface area (Å²) in [5, 5.41) is 25.6. The van der Waals surface area contributed by atoms with E-state index in [0.29, 0.717) is 17.8 Å². The third-order valence-electron chi connectivity index (χ3n) is 3.47. The van der Waals surface area contributed by atoms with Crippen molar-refractivity contribution in [2.24, 2.45) is 11.2 Å². The van der Waals surface area contributed by atoms with E-state index in [1.807, 2.05) is 20.8 Å². The Kier molecular flexibility index (Phi) is 4.97. The van der Waals surface area contributed by atoms with Gasteiger partial charge in [0.1, 0.15) is 6.10 Å². The Labute approximate surface area is 113 Å². The molecule has 1 rings (SSSR count). The van der Waals surface area contributed by atoms with Crippen molar-refractivity contribution in [1.29, 1.82) is 0 Å². The quantitative estimate of drug-likeness (QED) is 0.482. The van der Waals surface area contributed by atoms with Crippen LogP contribution in [0, 0.1) is 11.1 Å². The highest BCUT2D eigenvalue weighted by atomic mass is 16.7. The lowest BCUT2D eigenvalue weighted by molar-refractivity contribution is -0.720. The molecule has 0 heterocycles. The number of carboxylic acid groups (broad SMARTS) is 1. The Morgan fingerprint density at radius 3 is 2.63 bits per heavy atom. The van der Waals surface area contributed by atoms with Gasteiger partial charge in [-0.05, 0) is 40.0 Å². The molecule has 0 aliphatic heterocycles. The van der Waals surface area contributed by atoms with Crippen LogP contribution in [0.2, 0.25) is 0 Å². The molecule has 0 spiro atoms. The lowest BCUT2D eigenvalue weighted by Crippen LogP contribution is -2.42. The molecule has 1 fully saturated rings. The maximum Gasteiger partial charge on any atom is 0.306 e. The Bertz CT molecular complexity index is 351. The van der Waals surface area contributed by atoms with Crippen molar-refractivity contribution >= 4 is 5.97 Å². The normalized spacial score (nSPS) is 24.9. The smallest absolute Gasteiger partial charge is 0.306 e. The zero-order valence-electron chi connectivity index (χ0n) is 12.0. The molecular weight excluding hydrogens is 250 g/mol. The third kappa shape index (κ3) is 4.57. The fourth-order valence-electron chi connectivity index (χ4n) is 1.88. The molecule has 0 bridgehead atoms. The van der Waals surface area contributed by atoms with Gasteiger partial charge in [0, 0.05) is 6.42 Å². The first-order valence-electron chi connectivity index (χ1n) is 6.52. The fourth-order valence-corrected chi connectivity index (χ4v) is 1.88. The molecule has 0 unspecified atom stereocenters. The summed E-state index contributed by atoms with van der Waals surface area (Å²) in [6, 6.07) is 0. The monoisotopic (exact) mass is 273 g/mol. The van der Waals surface area contributed by atoms with E-state index in [0.717, 1.165) is 12.8 Å². The van der Waals surface area contributed by atoms with E-state index in [-0.39, 0.29) is 11.6 Å². The van der Waals surface area contributed by atoms with Crippen molar-refractivity contribution in [3.8, 4) is 0 Å². The van der Waals surface area contributed by atoms with E-state index < -0.39 is 11.9 Å². The Balaban J connectivity index is 2.53. The first-order chi connectivity index (χ1) is 8.71. The first-order valence-corrected chi connectivity index (χ1v) is 6.52. The van der Waals surface area contributed by atoms with Crippen molar-refractivity contribution in [2.75, 3.05) is 7.05 Å². The molecule has 0 aromatic rings. The minimum absolute atomic E-state index is 0.292. The number of carboxylic acids is 1. The molecule has 0 amide bonds. The minimum Gasteiger partial charge on any atom is -0.569 e. The van der Waals surface area contributed by atoms with Crippen LogP contribution in [0.25, 0.3) is 0 Å². The maximum atomic E-state index is 11.7. The van der Waals surface area contributed by atoms with Gasteiger partial charge in [-0.3, -0.25) is 4.79 Å². The zero-order valence-corrected chi connectivity index (χ0v) is 12.0. The molecule has 0 aromatic heterocycles. The topological polar surface area (TPSA) is 88.2 Å². The Morgan fingerprint density at radius 2 is 2.11 bits per heavy atom. The highest BCUT2D eigenvalue weighted by Crippen LogP contribution is 2.26. The van der Waals surface area contributed by atoms with Crippen LogP contribution in [-0.2, 0) is 9.63 Å². The van der Waals surface area contributed by atoms with Crippen LogP contribution in [0.4, 0.5) is 0 Å². The second-order valence-corrected chi connectivity index (χ2v) is 5.96. The van der Waals surface area contributed by atoms with Crippen molar-refractivity contribution < 1.29 is 19.7 Å². The van der Waals surface area contributed by atoms with E-state index in [9.17, 15) is 10.0 Å². The first kappa shape index (κ1) is 15.5. The van der Waals surface area contributed by atoms with E-state index in [1.165, 1.54) is 5.01 Å². The van der Waals surface area contributed by atoms with Gasteiger partial charge in [-0.1, -0.05) is 0 Å². The Morgan fingerprint density at radius 1 is 1.47 bits per heavy atom. The van der Waals surface area contributed by atoms with Gasteiger partial charge in [-0.25, -0.2) is 0 Å². The summed E-state index contributed by atoms with van der Waals surface area (Å²) in [4.78, 5) is 16.5. The molecule has 1 saturated carbocycles. The van der Waals surface area contributed by atoms with E-state index >= 15 is 0 Å². The molecule has 0 saturated heterocycles. The summed E-state index contributed by atoms with van der Waals surface area (Å²) in [7, 11) is 1.63. The molecular formula is C12H23N3O4. The van der Waals surface area contributed by atoms with Gasteiger partial charge in [0.2, 0.25) is 5.28 Å². The van der Waals surface area contributed by atoms with Crippen LogP contribution in [-0.4, -0.2) is 39.7 Å². The molecule has 7 nitrogen and oxygen atoms in total. The predicted molar refractivity (Wildman–Crippen MR) is 68.0 cm³/mol. The average Bonchev–Trinajstić information content (AvgIpc) is 2.34. The number of carbonyl (C=O) groups is 1. The van der Waals surface area contributed by atoms with E-state index in [1.54, 1.807) is 7.05 Å². The largest absolute Gasteiger partial charge is 0.569 e. The SMILES string of the molecule is CN(/[N+]([O-])=N\O[C@H]1CCC[C@@H](C(=O)O)C1)C(C)(C)C. The van der Waals surface area contributed by atoms with Crippen LogP contribution in [0.3, 0.4) is 0 Å². The Hall–Kier alpha value is -1.53. The summed E-state index contributed by atoms with van der Waals surface area (Å²) in [6.07, 6.45) is 2.30. The van der Waals surface area contributed by atoms with Gasteiger partial charge in [-0.15, -0.1) is 5.01 Å². The summed E-state index contributed by atoms with van der Waals surface area (Å²) >= 11 is 0. The van der Waals surface area contributed by atoms with Crippen molar-refractivity contribution in [1.82, 2.24) is 5.01 Å². The lowest BCUT2D eigenvalue weighted by Gasteiger charge is -2.27. The average molecular weight is 273 g/mol. The van der Waals surface area contributed by atoms with Gasteiger partial charge in [-0.2, -0.15) is 0 Å². The maximum absolute atomic E-state index is 11.7. The molecule has 0 radical (unpaired) electrons. The van der Waals surface area contributed by atoms with Crippen LogP contribution in [0.15, 0.2) is 5.28 Å². The van der Waals surface area contributed by atoms with Crippen LogP contribution < -0.4 is 0 Å². The predicted octanol–water partition coefficient (Wildman–Crippen LogP) is 2.17. The van der Waals surface area contributed by atoms with Crippen LogP contribution in [0.5, 0.6) is 0 Å². The highest BCUT2D eigenvalue weighted by molar-refractivity contribution is 5.70. The van der Waals surface area contributed by atoms with Gasteiger partial charge >= 0.3 is 5.97 Å². The van der Waals surface area contributed by atoms with Crippen LogP contribution in [0.1, 0.15) is 46.5 Å². The minimum atomic E-state index is -0.806. The molecule has 110 valence electrons.